The highest BCUT2D eigenvalue weighted by atomic mass is 32.2. The molecular formula is C8H8F3NOS. The van der Waals surface area contributed by atoms with Crippen molar-refractivity contribution in [1.29, 1.82) is 0 Å². The normalized spacial score (nSPS) is 12.8. The van der Waals surface area contributed by atoms with E-state index in [1.807, 2.05) is 0 Å². The highest BCUT2D eigenvalue weighted by Crippen LogP contribution is 2.20. The zero-order chi connectivity index (χ0) is 10.7. The Hall–Kier alpha value is -1.04. The molecule has 0 aliphatic rings. The molecule has 2 N–H and O–H groups in total. The summed E-state index contributed by atoms with van der Waals surface area (Å²) in [5.74, 6) is -2.43. The summed E-state index contributed by atoms with van der Waals surface area (Å²) in [5.41, 5.74) is 5.05. The van der Waals surface area contributed by atoms with Crippen LogP contribution >= 0.6 is 0 Å². The van der Waals surface area contributed by atoms with Crippen molar-refractivity contribution in [1.82, 2.24) is 0 Å². The predicted molar refractivity (Wildman–Crippen MR) is 48.0 cm³/mol. The first kappa shape index (κ1) is 11.0. The molecule has 0 saturated carbocycles. The maximum absolute atomic E-state index is 13.0. The monoisotopic (exact) mass is 223 g/mol. The van der Waals surface area contributed by atoms with Gasteiger partial charge in [-0.05, 0) is 12.1 Å². The lowest BCUT2D eigenvalue weighted by molar-refractivity contribution is 0.519. The van der Waals surface area contributed by atoms with E-state index < -0.39 is 39.8 Å². The summed E-state index contributed by atoms with van der Waals surface area (Å²) in [7, 11) is -2.00. The third-order valence-corrected chi connectivity index (χ3v) is 2.88. The second-order valence-electron chi connectivity index (χ2n) is 2.55. The topological polar surface area (TPSA) is 43.1 Å². The van der Waals surface area contributed by atoms with Gasteiger partial charge in [0.2, 0.25) is 0 Å². The predicted octanol–water partition coefficient (Wildman–Crippen LogP) is 1.62. The summed E-state index contributed by atoms with van der Waals surface area (Å²) >= 11 is 0. The standard InChI is InChI=1S/C8H8F3NOS/c9-1-2-14(13)8-6(10)3-5(12)4-7(8)11/h3-4H,1-2,12H2. The van der Waals surface area contributed by atoms with Crippen LogP contribution in [0.2, 0.25) is 0 Å². The van der Waals surface area contributed by atoms with Crippen molar-refractivity contribution in [3.05, 3.63) is 23.8 Å². The molecule has 0 amide bonds. The minimum atomic E-state index is -2.00. The lowest BCUT2D eigenvalue weighted by atomic mass is 10.3. The highest BCUT2D eigenvalue weighted by Gasteiger charge is 2.16. The van der Waals surface area contributed by atoms with Gasteiger partial charge in [0.05, 0.1) is 16.6 Å². The van der Waals surface area contributed by atoms with Crippen LogP contribution in [0.3, 0.4) is 0 Å². The van der Waals surface area contributed by atoms with Gasteiger partial charge in [-0.15, -0.1) is 0 Å². The van der Waals surface area contributed by atoms with Gasteiger partial charge in [-0.1, -0.05) is 0 Å². The maximum atomic E-state index is 13.0. The molecule has 14 heavy (non-hydrogen) atoms. The molecule has 2 nitrogen and oxygen atoms in total. The van der Waals surface area contributed by atoms with E-state index >= 15 is 0 Å². The lowest BCUT2D eigenvalue weighted by Crippen LogP contribution is -2.06. The van der Waals surface area contributed by atoms with Gasteiger partial charge in [0.25, 0.3) is 0 Å². The first-order valence-corrected chi connectivity index (χ1v) is 5.07. The molecule has 0 heterocycles. The number of nitrogen functional groups attached to an aromatic ring is 1. The molecule has 0 saturated heterocycles. The Bertz CT molecular complexity index is 347. The molecule has 0 aliphatic carbocycles. The molecule has 1 atom stereocenters. The fourth-order valence-electron chi connectivity index (χ4n) is 0.969. The van der Waals surface area contributed by atoms with Gasteiger partial charge >= 0.3 is 0 Å². The SMILES string of the molecule is Nc1cc(F)c(S(=O)CCF)c(F)c1. The van der Waals surface area contributed by atoms with Crippen LogP contribution in [-0.2, 0) is 10.8 Å². The van der Waals surface area contributed by atoms with Gasteiger partial charge in [0.15, 0.2) is 0 Å². The molecule has 78 valence electrons. The molecule has 0 aliphatic heterocycles. The molecule has 0 fully saturated rings. The van der Waals surface area contributed by atoms with Crippen LogP contribution in [0.25, 0.3) is 0 Å². The number of nitrogens with two attached hydrogens (primary N) is 1. The summed E-state index contributed by atoms with van der Waals surface area (Å²) in [6.45, 7) is -0.893. The molecule has 6 heteroatoms. The van der Waals surface area contributed by atoms with Crippen LogP contribution in [0.4, 0.5) is 18.9 Å². The van der Waals surface area contributed by atoms with Gasteiger partial charge < -0.3 is 5.73 Å². The van der Waals surface area contributed by atoms with Crippen LogP contribution in [0.1, 0.15) is 0 Å². The van der Waals surface area contributed by atoms with Crippen LogP contribution in [-0.4, -0.2) is 16.6 Å². The lowest BCUT2D eigenvalue weighted by Gasteiger charge is -2.04. The highest BCUT2D eigenvalue weighted by molar-refractivity contribution is 7.85. The number of anilines is 1. The average molecular weight is 223 g/mol. The summed E-state index contributed by atoms with van der Waals surface area (Å²) in [5, 5.41) is 0. The van der Waals surface area contributed by atoms with Crippen molar-refractivity contribution < 1.29 is 17.4 Å². The van der Waals surface area contributed by atoms with E-state index in [-0.39, 0.29) is 5.69 Å². The second-order valence-corrected chi connectivity index (χ2v) is 4.06. The van der Waals surface area contributed by atoms with Crippen molar-refractivity contribution in [3.8, 4) is 0 Å². The van der Waals surface area contributed by atoms with Crippen molar-refractivity contribution in [2.45, 2.75) is 4.90 Å². The number of halogens is 3. The minimum absolute atomic E-state index is 0.0963. The Morgan fingerprint density at radius 1 is 1.29 bits per heavy atom. The molecule has 0 aromatic heterocycles. The smallest absolute Gasteiger partial charge is 0.144 e. The van der Waals surface area contributed by atoms with Crippen molar-refractivity contribution in [2.75, 3.05) is 18.2 Å². The van der Waals surface area contributed by atoms with E-state index in [0.29, 0.717) is 0 Å². The van der Waals surface area contributed by atoms with E-state index in [0.717, 1.165) is 12.1 Å². The van der Waals surface area contributed by atoms with Crippen LogP contribution in [0.15, 0.2) is 17.0 Å². The first-order valence-electron chi connectivity index (χ1n) is 3.75. The van der Waals surface area contributed by atoms with E-state index in [1.54, 1.807) is 0 Å². The van der Waals surface area contributed by atoms with Gasteiger partial charge in [-0.3, -0.25) is 8.60 Å². The van der Waals surface area contributed by atoms with Crippen LogP contribution in [0.5, 0.6) is 0 Å². The van der Waals surface area contributed by atoms with E-state index in [4.69, 9.17) is 5.73 Å². The van der Waals surface area contributed by atoms with E-state index in [9.17, 15) is 17.4 Å². The van der Waals surface area contributed by atoms with E-state index in [1.165, 1.54) is 0 Å². The summed E-state index contributed by atoms with van der Waals surface area (Å²) in [4.78, 5) is -0.614. The van der Waals surface area contributed by atoms with Gasteiger partial charge in [0, 0.05) is 5.69 Å². The summed E-state index contributed by atoms with van der Waals surface area (Å²) in [6.07, 6.45) is 0. The average Bonchev–Trinajstić information content (AvgIpc) is 2.01. The largest absolute Gasteiger partial charge is 0.399 e. The number of alkyl halides is 1. The van der Waals surface area contributed by atoms with E-state index in [2.05, 4.69) is 0 Å². The first-order chi connectivity index (χ1) is 6.56. The molecule has 1 aromatic rings. The summed E-state index contributed by atoms with van der Waals surface area (Å²) in [6, 6.07) is 1.71. The number of rotatable bonds is 3. The van der Waals surface area contributed by atoms with Gasteiger partial charge in [-0.2, -0.15) is 0 Å². The Labute approximate surface area is 81.4 Å². The number of hydrogen-bond acceptors (Lipinski definition) is 2. The molecule has 1 aromatic carbocycles. The number of benzene rings is 1. The molecule has 1 rings (SSSR count). The molecule has 1 unspecified atom stereocenters. The third-order valence-electron chi connectivity index (χ3n) is 1.51. The Balaban J connectivity index is 3.14. The van der Waals surface area contributed by atoms with Crippen molar-refractivity contribution >= 4 is 16.5 Å². The molecule has 0 bridgehead atoms. The van der Waals surface area contributed by atoms with Crippen LogP contribution in [0, 0.1) is 11.6 Å². The zero-order valence-corrected chi connectivity index (χ0v) is 7.91. The second kappa shape index (κ2) is 4.45. The summed E-state index contributed by atoms with van der Waals surface area (Å²) < 4.78 is 49.1. The Morgan fingerprint density at radius 3 is 2.21 bits per heavy atom. The van der Waals surface area contributed by atoms with Gasteiger partial charge in [-0.25, -0.2) is 8.78 Å². The van der Waals surface area contributed by atoms with Crippen molar-refractivity contribution in [3.63, 3.8) is 0 Å². The fraction of sp³-hybridized carbons (Fsp3) is 0.250. The quantitative estimate of drug-likeness (QED) is 0.791. The molecular weight excluding hydrogens is 215 g/mol. The van der Waals surface area contributed by atoms with Crippen LogP contribution < -0.4 is 5.73 Å². The Kier molecular flexibility index (Phi) is 3.51. The van der Waals surface area contributed by atoms with Crippen molar-refractivity contribution in [2.24, 2.45) is 0 Å². The maximum Gasteiger partial charge on any atom is 0.144 e. The fourth-order valence-corrected chi connectivity index (χ4v) is 1.87. The Morgan fingerprint density at radius 2 is 1.79 bits per heavy atom. The molecule has 0 radical (unpaired) electrons. The molecule has 0 spiro atoms. The minimum Gasteiger partial charge on any atom is -0.399 e. The van der Waals surface area contributed by atoms with Gasteiger partial charge in [0.1, 0.15) is 23.2 Å². The number of hydrogen-bond donors (Lipinski definition) is 1. The zero-order valence-electron chi connectivity index (χ0n) is 7.10. The third kappa shape index (κ3) is 2.25.